The molecule has 0 rings (SSSR count). The number of thiol groups is 1. The maximum atomic E-state index is 11.4. The van der Waals surface area contributed by atoms with Crippen LogP contribution in [-0.4, -0.2) is 42.5 Å². The lowest BCUT2D eigenvalue weighted by Gasteiger charge is -2.08. The monoisotopic (exact) mass is 318 g/mol. The van der Waals surface area contributed by atoms with E-state index in [1.54, 1.807) is 0 Å². The fourth-order valence-corrected chi connectivity index (χ4v) is 1.36. The highest BCUT2D eigenvalue weighted by molar-refractivity contribution is 7.80. The Morgan fingerprint density at radius 2 is 1.38 bits per heavy atom. The van der Waals surface area contributed by atoms with Crippen LogP contribution >= 0.6 is 12.6 Å². The number of carbonyl (C=O) groups excluding carboxylic acids is 4. The van der Waals surface area contributed by atoms with E-state index in [0.717, 1.165) is 0 Å². The molecular formula is C12H22N4O4S. The van der Waals surface area contributed by atoms with Gasteiger partial charge in [0.05, 0.1) is 6.54 Å². The van der Waals surface area contributed by atoms with Gasteiger partial charge in [-0.25, -0.2) is 0 Å². The second-order valence-corrected chi connectivity index (χ2v) is 4.64. The van der Waals surface area contributed by atoms with Gasteiger partial charge in [0.25, 0.3) is 5.91 Å². The van der Waals surface area contributed by atoms with E-state index in [9.17, 15) is 19.2 Å². The smallest absolute Gasteiger partial charge is 0.257 e. The first-order valence-corrected chi connectivity index (χ1v) is 7.34. The fourth-order valence-electron chi connectivity index (χ4n) is 1.25. The minimum Gasteiger partial charge on any atom is -0.355 e. The molecule has 4 amide bonds. The van der Waals surface area contributed by atoms with Crippen molar-refractivity contribution in [1.29, 1.82) is 0 Å². The molecule has 0 unspecified atom stereocenters. The summed E-state index contributed by atoms with van der Waals surface area (Å²) in [7, 11) is 0. The molecule has 0 radical (unpaired) electrons. The van der Waals surface area contributed by atoms with Crippen molar-refractivity contribution in [2.24, 2.45) is 0 Å². The average molecular weight is 318 g/mol. The molecule has 0 aromatic heterocycles. The number of hydrogen-bond acceptors (Lipinski definition) is 5. The number of amides is 4. The lowest BCUT2D eigenvalue weighted by molar-refractivity contribution is -0.130. The largest absolute Gasteiger partial charge is 0.355 e. The predicted molar refractivity (Wildman–Crippen MR) is 80.3 cm³/mol. The molecule has 21 heavy (non-hydrogen) atoms. The van der Waals surface area contributed by atoms with Crippen LogP contribution in [0.4, 0.5) is 0 Å². The topological polar surface area (TPSA) is 116 Å². The summed E-state index contributed by atoms with van der Waals surface area (Å²) in [4.78, 5) is 45.0. The molecule has 0 saturated carbocycles. The Morgan fingerprint density at radius 3 is 2.00 bits per heavy atom. The summed E-state index contributed by atoms with van der Waals surface area (Å²) in [5, 5.41) is 4.97. The van der Waals surface area contributed by atoms with E-state index in [2.05, 4.69) is 34.1 Å². The van der Waals surface area contributed by atoms with E-state index >= 15 is 0 Å². The molecule has 0 heterocycles. The van der Waals surface area contributed by atoms with E-state index in [1.807, 2.05) is 6.92 Å². The Kier molecular flexibility index (Phi) is 11.0. The van der Waals surface area contributed by atoms with Crippen molar-refractivity contribution >= 4 is 36.3 Å². The van der Waals surface area contributed by atoms with Gasteiger partial charge in [-0.2, -0.15) is 12.6 Å². The molecule has 0 aliphatic rings. The first kappa shape index (κ1) is 19.2. The second-order valence-electron chi connectivity index (χ2n) is 4.20. The third-order valence-corrected chi connectivity index (χ3v) is 2.50. The molecule has 0 spiro atoms. The van der Waals surface area contributed by atoms with Crippen LogP contribution in [0.15, 0.2) is 0 Å². The van der Waals surface area contributed by atoms with Crippen LogP contribution in [0.5, 0.6) is 0 Å². The Bertz CT molecular complexity index is 376. The normalized spacial score (nSPS) is 9.62. The molecule has 4 N–H and O–H groups in total. The summed E-state index contributed by atoms with van der Waals surface area (Å²) in [6.07, 6.45) is 1.03. The van der Waals surface area contributed by atoms with E-state index in [1.165, 1.54) is 0 Å². The van der Waals surface area contributed by atoms with Crippen molar-refractivity contribution < 1.29 is 19.2 Å². The van der Waals surface area contributed by atoms with Crippen molar-refractivity contribution in [3.8, 4) is 0 Å². The van der Waals surface area contributed by atoms with Crippen LogP contribution in [-0.2, 0) is 19.2 Å². The summed E-state index contributed by atoms with van der Waals surface area (Å²) < 4.78 is 0. The van der Waals surface area contributed by atoms with Crippen LogP contribution in [0.1, 0.15) is 32.6 Å². The molecular weight excluding hydrogens is 296 g/mol. The number of hydrazine groups is 1. The summed E-state index contributed by atoms with van der Waals surface area (Å²) in [5.41, 5.74) is 4.31. The number of hydrogen-bond donors (Lipinski definition) is 5. The second kappa shape index (κ2) is 12.0. The molecule has 0 bridgehead atoms. The summed E-state index contributed by atoms with van der Waals surface area (Å²) in [6.45, 7) is 2.09. The van der Waals surface area contributed by atoms with Gasteiger partial charge in [0, 0.05) is 31.6 Å². The molecule has 0 saturated heterocycles. The Morgan fingerprint density at radius 1 is 0.810 bits per heavy atom. The van der Waals surface area contributed by atoms with Gasteiger partial charge in [0.2, 0.25) is 17.7 Å². The molecule has 0 atom stereocenters. The van der Waals surface area contributed by atoms with Gasteiger partial charge in [-0.3, -0.25) is 30.0 Å². The minimum absolute atomic E-state index is 0.0305. The molecule has 0 aliphatic heterocycles. The quantitative estimate of drug-likeness (QED) is 0.273. The SMILES string of the molecule is CCCC(=O)NCC(=O)NNC(=O)CCC(=O)NCCS. The zero-order chi connectivity index (χ0) is 16.1. The highest BCUT2D eigenvalue weighted by Crippen LogP contribution is 1.88. The highest BCUT2D eigenvalue weighted by Gasteiger charge is 2.08. The Labute approximate surface area is 129 Å². The van der Waals surface area contributed by atoms with Gasteiger partial charge >= 0.3 is 0 Å². The van der Waals surface area contributed by atoms with Crippen molar-refractivity contribution in [3.63, 3.8) is 0 Å². The lowest BCUT2D eigenvalue weighted by atomic mass is 10.3. The third-order valence-electron chi connectivity index (χ3n) is 2.28. The number of nitrogens with one attached hydrogen (secondary N) is 4. The third kappa shape index (κ3) is 11.7. The molecule has 0 fully saturated rings. The lowest BCUT2D eigenvalue weighted by Crippen LogP contribution is -2.46. The van der Waals surface area contributed by atoms with E-state index in [4.69, 9.17) is 0 Å². The van der Waals surface area contributed by atoms with Gasteiger partial charge in [-0.15, -0.1) is 0 Å². The maximum Gasteiger partial charge on any atom is 0.257 e. The van der Waals surface area contributed by atoms with Crippen molar-refractivity contribution in [3.05, 3.63) is 0 Å². The Balaban J connectivity index is 3.70. The molecule has 0 aromatic rings. The van der Waals surface area contributed by atoms with E-state index < -0.39 is 11.8 Å². The van der Waals surface area contributed by atoms with Crippen molar-refractivity contribution in [1.82, 2.24) is 21.5 Å². The van der Waals surface area contributed by atoms with Crippen LogP contribution in [0.3, 0.4) is 0 Å². The Hall–Kier alpha value is -1.77. The van der Waals surface area contributed by atoms with Crippen LogP contribution < -0.4 is 21.5 Å². The fraction of sp³-hybridized carbons (Fsp3) is 0.667. The molecule has 0 aromatic carbocycles. The predicted octanol–water partition coefficient (Wildman–Crippen LogP) is -1.12. The molecule has 8 nitrogen and oxygen atoms in total. The van der Waals surface area contributed by atoms with Crippen LogP contribution in [0, 0.1) is 0 Å². The van der Waals surface area contributed by atoms with Crippen molar-refractivity contribution in [2.75, 3.05) is 18.8 Å². The van der Waals surface area contributed by atoms with E-state index in [-0.39, 0.29) is 31.2 Å². The first-order valence-electron chi connectivity index (χ1n) is 6.71. The zero-order valence-corrected chi connectivity index (χ0v) is 12.9. The number of rotatable bonds is 9. The molecule has 9 heteroatoms. The highest BCUT2D eigenvalue weighted by atomic mass is 32.1. The summed E-state index contributed by atoms with van der Waals surface area (Å²) in [5.74, 6) is -0.966. The van der Waals surface area contributed by atoms with E-state index in [0.29, 0.717) is 25.1 Å². The maximum absolute atomic E-state index is 11.4. The molecule has 0 aliphatic carbocycles. The van der Waals surface area contributed by atoms with Gasteiger partial charge in [0.1, 0.15) is 0 Å². The first-order chi connectivity index (χ1) is 9.99. The van der Waals surface area contributed by atoms with Crippen LogP contribution in [0.25, 0.3) is 0 Å². The van der Waals surface area contributed by atoms with Crippen molar-refractivity contribution in [2.45, 2.75) is 32.6 Å². The summed E-state index contributed by atoms with van der Waals surface area (Å²) in [6, 6.07) is 0. The molecule has 120 valence electrons. The summed E-state index contributed by atoms with van der Waals surface area (Å²) >= 11 is 3.94. The van der Waals surface area contributed by atoms with Gasteiger partial charge in [-0.1, -0.05) is 6.92 Å². The standard InChI is InChI=1S/C12H22N4O4S/c1-2-3-9(17)14-8-12(20)16-15-11(19)5-4-10(18)13-6-7-21/h21H,2-8H2,1H3,(H,13,18)(H,14,17)(H,15,19)(H,16,20). The van der Waals surface area contributed by atoms with Gasteiger partial charge in [0.15, 0.2) is 0 Å². The number of carbonyl (C=O) groups is 4. The van der Waals surface area contributed by atoms with Gasteiger partial charge < -0.3 is 10.6 Å². The minimum atomic E-state index is -0.535. The van der Waals surface area contributed by atoms with Crippen LogP contribution in [0.2, 0.25) is 0 Å². The average Bonchev–Trinajstić information content (AvgIpc) is 2.46. The van der Waals surface area contributed by atoms with Gasteiger partial charge in [-0.05, 0) is 6.42 Å². The zero-order valence-electron chi connectivity index (χ0n) is 12.0.